The minimum Gasteiger partial charge on any atom is -0.493 e. The van der Waals surface area contributed by atoms with Crippen LogP contribution in [0.2, 0.25) is 0 Å². The Morgan fingerprint density at radius 1 is 1.28 bits per heavy atom. The van der Waals surface area contributed by atoms with Crippen LogP contribution in [0.3, 0.4) is 0 Å². The van der Waals surface area contributed by atoms with Gasteiger partial charge in [0.2, 0.25) is 11.8 Å². The van der Waals surface area contributed by atoms with Crippen LogP contribution in [0.1, 0.15) is 12.5 Å². The lowest BCUT2D eigenvalue weighted by atomic mass is 10.2. The van der Waals surface area contributed by atoms with Crippen molar-refractivity contribution >= 4 is 11.6 Å². The van der Waals surface area contributed by atoms with Gasteiger partial charge in [-0.15, -0.1) is 0 Å². The first-order valence-corrected chi connectivity index (χ1v) is 5.60. The molecular formula is C12H14N4O2. The molecule has 6 nitrogen and oxygen atoms in total. The van der Waals surface area contributed by atoms with Gasteiger partial charge in [0, 0.05) is 0 Å². The molecule has 0 unspecified atom stereocenters. The maximum absolute atomic E-state index is 11.6. The number of anilines is 2. The van der Waals surface area contributed by atoms with E-state index in [0.717, 1.165) is 5.69 Å². The fraction of sp³-hybridized carbons (Fsp3) is 0.167. The number of nitrogens with zero attached hydrogens (tertiary/aromatic N) is 1. The highest BCUT2D eigenvalue weighted by molar-refractivity contribution is 5.47. The smallest absolute Gasteiger partial charge is 0.259 e. The number of aromatic amines is 1. The topological polar surface area (TPSA) is 90.0 Å². The van der Waals surface area contributed by atoms with Gasteiger partial charge in [-0.2, -0.15) is 4.98 Å². The Kier molecular flexibility index (Phi) is 3.47. The highest BCUT2D eigenvalue weighted by Gasteiger charge is 2.07. The van der Waals surface area contributed by atoms with Gasteiger partial charge < -0.3 is 5.11 Å². The highest BCUT2D eigenvalue weighted by atomic mass is 16.3. The van der Waals surface area contributed by atoms with Crippen LogP contribution in [0.5, 0.6) is 5.88 Å². The third-order valence-corrected chi connectivity index (χ3v) is 2.45. The molecule has 0 fully saturated rings. The molecule has 0 atom stereocenters. The van der Waals surface area contributed by atoms with Crippen molar-refractivity contribution in [2.45, 2.75) is 13.3 Å². The number of aromatic hydroxyl groups is 1. The van der Waals surface area contributed by atoms with E-state index >= 15 is 0 Å². The molecule has 18 heavy (non-hydrogen) atoms. The van der Waals surface area contributed by atoms with Crippen molar-refractivity contribution < 1.29 is 5.11 Å². The van der Waals surface area contributed by atoms with Crippen LogP contribution in [-0.2, 0) is 6.42 Å². The van der Waals surface area contributed by atoms with Crippen LogP contribution in [-0.4, -0.2) is 15.1 Å². The fourth-order valence-electron chi connectivity index (χ4n) is 1.52. The average Bonchev–Trinajstić information content (AvgIpc) is 2.37. The lowest BCUT2D eigenvalue weighted by Gasteiger charge is -2.09. The van der Waals surface area contributed by atoms with Gasteiger partial charge in [0.15, 0.2) is 0 Å². The molecule has 0 aliphatic carbocycles. The molecule has 0 aliphatic heterocycles. The van der Waals surface area contributed by atoms with Gasteiger partial charge in [-0.05, 0) is 18.6 Å². The number of aromatic nitrogens is 2. The van der Waals surface area contributed by atoms with Crippen LogP contribution in [0.4, 0.5) is 11.6 Å². The summed E-state index contributed by atoms with van der Waals surface area (Å²) < 4.78 is 0. The molecule has 0 radical (unpaired) electrons. The summed E-state index contributed by atoms with van der Waals surface area (Å²) in [5, 5.41) is 9.57. The van der Waals surface area contributed by atoms with E-state index in [1.54, 1.807) is 6.92 Å². The Balaban J connectivity index is 2.14. The summed E-state index contributed by atoms with van der Waals surface area (Å²) in [6.45, 7) is 1.78. The molecule has 0 bridgehead atoms. The first-order chi connectivity index (χ1) is 8.70. The summed E-state index contributed by atoms with van der Waals surface area (Å²) in [5.74, 6) is -0.0860. The molecule has 1 heterocycles. The van der Waals surface area contributed by atoms with Gasteiger partial charge in [-0.25, -0.2) is 0 Å². The lowest BCUT2D eigenvalue weighted by molar-refractivity contribution is 0.444. The maximum Gasteiger partial charge on any atom is 0.259 e. The molecule has 0 spiro atoms. The molecule has 0 aliphatic rings. The normalized spacial score (nSPS) is 10.1. The van der Waals surface area contributed by atoms with Crippen molar-refractivity contribution in [3.8, 4) is 5.88 Å². The Bertz CT molecular complexity index is 580. The monoisotopic (exact) mass is 246 g/mol. The molecule has 6 heteroatoms. The molecule has 4 N–H and O–H groups in total. The van der Waals surface area contributed by atoms with Gasteiger partial charge in [0.05, 0.1) is 11.3 Å². The predicted molar refractivity (Wildman–Crippen MR) is 69.6 cm³/mol. The van der Waals surface area contributed by atoms with Crippen molar-refractivity contribution in [1.29, 1.82) is 0 Å². The summed E-state index contributed by atoms with van der Waals surface area (Å²) in [6, 6.07) is 9.35. The largest absolute Gasteiger partial charge is 0.493 e. The zero-order valence-electron chi connectivity index (χ0n) is 9.90. The summed E-state index contributed by atoms with van der Waals surface area (Å²) in [7, 11) is 0. The van der Waals surface area contributed by atoms with E-state index in [1.165, 1.54) is 0 Å². The summed E-state index contributed by atoms with van der Waals surface area (Å²) in [4.78, 5) is 18.0. The van der Waals surface area contributed by atoms with E-state index in [1.807, 2.05) is 30.3 Å². The third kappa shape index (κ3) is 2.60. The maximum atomic E-state index is 11.6. The van der Waals surface area contributed by atoms with Crippen molar-refractivity contribution in [3.63, 3.8) is 0 Å². The quantitative estimate of drug-likeness (QED) is 0.613. The van der Waals surface area contributed by atoms with Crippen molar-refractivity contribution in [2.24, 2.45) is 0 Å². The summed E-state index contributed by atoms with van der Waals surface area (Å²) in [6.07, 6.45) is 0.431. The van der Waals surface area contributed by atoms with Crippen LogP contribution >= 0.6 is 0 Å². The van der Waals surface area contributed by atoms with Crippen LogP contribution in [0.15, 0.2) is 35.1 Å². The fourth-order valence-corrected chi connectivity index (χ4v) is 1.52. The number of nitrogens with one attached hydrogen (secondary N) is 3. The molecule has 0 saturated heterocycles. The number of H-pyrrole nitrogens is 1. The Morgan fingerprint density at radius 3 is 2.61 bits per heavy atom. The van der Waals surface area contributed by atoms with Crippen molar-refractivity contribution in [1.82, 2.24) is 9.97 Å². The van der Waals surface area contributed by atoms with Gasteiger partial charge >= 0.3 is 0 Å². The summed E-state index contributed by atoms with van der Waals surface area (Å²) >= 11 is 0. The number of hydrogen-bond acceptors (Lipinski definition) is 5. The number of rotatable bonds is 4. The van der Waals surface area contributed by atoms with Gasteiger partial charge in [0.1, 0.15) is 0 Å². The SMILES string of the molecule is CCc1c(O)nc(NNc2ccccc2)[nH]c1=O. The second kappa shape index (κ2) is 5.22. The van der Waals surface area contributed by atoms with Gasteiger partial charge in [0.25, 0.3) is 5.56 Å². The van der Waals surface area contributed by atoms with E-state index in [9.17, 15) is 9.90 Å². The molecule has 1 aromatic heterocycles. The van der Waals surface area contributed by atoms with Crippen molar-refractivity contribution in [3.05, 3.63) is 46.2 Å². The van der Waals surface area contributed by atoms with E-state index in [4.69, 9.17) is 0 Å². The second-order valence-corrected chi connectivity index (χ2v) is 3.69. The Hall–Kier alpha value is -2.50. The third-order valence-electron chi connectivity index (χ3n) is 2.45. The molecular weight excluding hydrogens is 232 g/mol. The van der Waals surface area contributed by atoms with Gasteiger partial charge in [-0.3, -0.25) is 20.6 Å². The predicted octanol–water partition coefficient (Wildman–Crippen LogP) is 1.48. The first kappa shape index (κ1) is 12.0. The molecule has 1 aromatic carbocycles. The number of hydrogen-bond donors (Lipinski definition) is 4. The van der Waals surface area contributed by atoms with Gasteiger partial charge in [-0.1, -0.05) is 25.1 Å². The Labute approximate surface area is 104 Å². The number of para-hydroxylation sites is 1. The molecule has 0 saturated carbocycles. The summed E-state index contributed by atoms with van der Waals surface area (Å²) in [5.41, 5.74) is 6.33. The minimum atomic E-state index is -0.345. The number of benzene rings is 1. The standard InChI is InChI=1S/C12H14N4O2/c1-2-9-10(17)13-12(14-11(9)18)16-15-8-6-4-3-5-7-8/h3-7,15H,2H2,1H3,(H3,13,14,16,17,18). The molecule has 0 amide bonds. The Morgan fingerprint density at radius 2 is 2.00 bits per heavy atom. The zero-order valence-corrected chi connectivity index (χ0v) is 9.90. The van der Waals surface area contributed by atoms with E-state index in [-0.39, 0.29) is 23.0 Å². The van der Waals surface area contributed by atoms with E-state index in [0.29, 0.717) is 6.42 Å². The second-order valence-electron chi connectivity index (χ2n) is 3.69. The molecule has 2 rings (SSSR count). The van der Waals surface area contributed by atoms with Crippen LogP contribution in [0, 0.1) is 0 Å². The van der Waals surface area contributed by atoms with Crippen LogP contribution in [0.25, 0.3) is 0 Å². The minimum absolute atomic E-state index is 0.165. The molecule has 2 aromatic rings. The van der Waals surface area contributed by atoms with E-state index in [2.05, 4.69) is 20.8 Å². The highest BCUT2D eigenvalue weighted by Crippen LogP contribution is 2.11. The van der Waals surface area contributed by atoms with E-state index < -0.39 is 0 Å². The zero-order chi connectivity index (χ0) is 13.0. The lowest BCUT2D eigenvalue weighted by Crippen LogP contribution is -2.19. The van der Waals surface area contributed by atoms with Crippen molar-refractivity contribution in [2.75, 3.05) is 10.9 Å². The first-order valence-electron chi connectivity index (χ1n) is 5.60. The number of hydrazine groups is 1. The molecule has 94 valence electrons. The van der Waals surface area contributed by atoms with Crippen LogP contribution < -0.4 is 16.4 Å². The average molecular weight is 246 g/mol.